The Balaban J connectivity index is 1.94. The zero-order valence-corrected chi connectivity index (χ0v) is 14.0. The highest BCUT2D eigenvalue weighted by Crippen LogP contribution is 2.24. The highest BCUT2D eigenvalue weighted by Gasteiger charge is 2.13. The number of nitrogens with one attached hydrogen (secondary N) is 2. The Morgan fingerprint density at radius 2 is 1.83 bits per heavy atom. The molecule has 0 aliphatic heterocycles. The summed E-state index contributed by atoms with van der Waals surface area (Å²) < 4.78 is 0. The van der Waals surface area contributed by atoms with E-state index in [1.165, 1.54) is 0 Å². The van der Waals surface area contributed by atoms with Gasteiger partial charge in [0.1, 0.15) is 0 Å². The highest BCUT2D eigenvalue weighted by molar-refractivity contribution is 7.98. The SMILES string of the molecule is CSc1ccccc1NC(=O)NCC(CCO)c1ccccc1. The number of carbonyl (C=O) groups is 1. The third kappa shape index (κ3) is 5.30. The van der Waals surface area contributed by atoms with Gasteiger partial charge in [0.15, 0.2) is 0 Å². The minimum atomic E-state index is -0.231. The number of para-hydroxylation sites is 1. The van der Waals surface area contributed by atoms with E-state index in [1.54, 1.807) is 11.8 Å². The number of carbonyl (C=O) groups excluding carboxylic acids is 1. The predicted molar refractivity (Wildman–Crippen MR) is 96.1 cm³/mol. The minimum absolute atomic E-state index is 0.0954. The van der Waals surface area contributed by atoms with Gasteiger partial charge in [-0.3, -0.25) is 0 Å². The fourth-order valence-corrected chi connectivity index (χ4v) is 2.95. The van der Waals surface area contributed by atoms with E-state index in [4.69, 9.17) is 0 Å². The monoisotopic (exact) mass is 330 g/mol. The number of aliphatic hydroxyl groups excluding tert-OH is 1. The molecule has 0 spiro atoms. The van der Waals surface area contributed by atoms with Gasteiger partial charge in [0.25, 0.3) is 0 Å². The second-order valence-electron chi connectivity index (χ2n) is 5.16. The Morgan fingerprint density at radius 3 is 2.52 bits per heavy atom. The van der Waals surface area contributed by atoms with Crippen LogP contribution in [-0.2, 0) is 0 Å². The molecule has 4 nitrogen and oxygen atoms in total. The molecule has 2 aromatic carbocycles. The predicted octanol–water partition coefficient (Wildman–Crippen LogP) is 3.70. The Kier molecular flexibility index (Phi) is 6.97. The van der Waals surface area contributed by atoms with Gasteiger partial charge in [0.05, 0.1) is 5.69 Å². The van der Waals surface area contributed by atoms with Crippen LogP contribution >= 0.6 is 11.8 Å². The molecule has 122 valence electrons. The summed E-state index contributed by atoms with van der Waals surface area (Å²) in [6, 6.07) is 17.4. The summed E-state index contributed by atoms with van der Waals surface area (Å²) in [5, 5.41) is 15.0. The summed E-state index contributed by atoms with van der Waals surface area (Å²) in [5.74, 6) is 0.0998. The zero-order chi connectivity index (χ0) is 16.5. The molecular weight excluding hydrogens is 308 g/mol. The number of hydrogen-bond donors (Lipinski definition) is 3. The van der Waals surface area contributed by atoms with Crippen molar-refractivity contribution >= 4 is 23.5 Å². The second-order valence-corrected chi connectivity index (χ2v) is 6.00. The standard InChI is InChI=1S/C18H22N2O2S/c1-23-17-10-6-5-9-16(17)20-18(22)19-13-15(11-12-21)14-7-3-2-4-8-14/h2-10,15,21H,11-13H2,1H3,(H2,19,20,22). The van der Waals surface area contributed by atoms with E-state index in [0.717, 1.165) is 16.1 Å². The van der Waals surface area contributed by atoms with Gasteiger partial charge in [-0.05, 0) is 30.4 Å². The van der Waals surface area contributed by atoms with Crippen LogP contribution in [0.5, 0.6) is 0 Å². The van der Waals surface area contributed by atoms with Crippen LogP contribution in [0.1, 0.15) is 17.9 Å². The van der Waals surface area contributed by atoms with Gasteiger partial charge in [-0.25, -0.2) is 4.79 Å². The molecule has 0 aromatic heterocycles. The van der Waals surface area contributed by atoms with Gasteiger partial charge in [0, 0.05) is 24.0 Å². The molecule has 0 aliphatic rings. The van der Waals surface area contributed by atoms with E-state index in [-0.39, 0.29) is 18.6 Å². The van der Waals surface area contributed by atoms with E-state index >= 15 is 0 Å². The van der Waals surface area contributed by atoms with Crippen molar-refractivity contribution < 1.29 is 9.90 Å². The van der Waals surface area contributed by atoms with Crippen LogP contribution in [0.3, 0.4) is 0 Å². The molecule has 0 aliphatic carbocycles. The topological polar surface area (TPSA) is 61.4 Å². The van der Waals surface area contributed by atoms with Gasteiger partial charge in [-0.1, -0.05) is 42.5 Å². The zero-order valence-electron chi connectivity index (χ0n) is 13.2. The average Bonchev–Trinajstić information content (AvgIpc) is 2.60. The molecule has 2 amide bonds. The van der Waals surface area contributed by atoms with Crippen molar-refractivity contribution in [3.8, 4) is 0 Å². The number of thioether (sulfide) groups is 1. The van der Waals surface area contributed by atoms with Crippen LogP contribution in [0.4, 0.5) is 10.5 Å². The number of anilines is 1. The summed E-state index contributed by atoms with van der Waals surface area (Å²) in [6.07, 6.45) is 2.59. The maximum atomic E-state index is 12.1. The summed E-state index contributed by atoms with van der Waals surface area (Å²) in [5.41, 5.74) is 1.92. The molecule has 3 N–H and O–H groups in total. The van der Waals surface area contributed by atoms with Crippen molar-refractivity contribution in [3.63, 3.8) is 0 Å². The molecule has 0 heterocycles. The van der Waals surface area contributed by atoms with Crippen LogP contribution in [0, 0.1) is 0 Å². The lowest BCUT2D eigenvalue weighted by molar-refractivity contribution is 0.248. The maximum Gasteiger partial charge on any atom is 0.319 e. The molecule has 0 radical (unpaired) electrons. The molecular formula is C18H22N2O2S. The van der Waals surface area contributed by atoms with Crippen LogP contribution < -0.4 is 10.6 Å². The number of aliphatic hydroxyl groups is 1. The average molecular weight is 330 g/mol. The maximum absolute atomic E-state index is 12.1. The first-order chi connectivity index (χ1) is 11.2. The van der Waals surface area contributed by atoms with Crippen molar-refractivity contribution in [2.75, 3.05) is 24.7 Å². The summed E-state index contributed by atoms with van der Waals surface area (Å²) in [6.45, 7) is 0.579. The van der Waals surface area contributed by atoms with Crippen LogP contribution in [0.25, 0.3) is 0 Å². The fraction of sp³-hybridized carbons (Fsp3) is 0.278. The molecule has 0 bridgehead atoms. The third-order valence-corrected chi connectivity index (χ3v) is 4.41. The smallest absolute Gasteiger partial charge is 0.319 e. The van der Waals surface area contributed by atoms with Gasteiger partial charge in [-0.15, -0.1) is 11.8 Å². The summed E-state index contributed by atoms with van der Waals surface area (Å²) in [7, 11) is 0. The Hall–Kier alpha value is -1.98. The van der Waals surface area contributed by atoms with Crippen molar-refractivity contribution in [1.82, 2.24) is 5.32 Å². The molecule has 1 unspecified atom stereocenters. The van der Waals surface area contributed by atoms with Crippen LogP contribution in [0.15, 0.2) is 59.5 Å². The number of urea groups is 1. The van der Waals surface area contributed by atoms with Crippen LogP contribution in [0.2, 0.25) is 0 Å². The Morgan fingerprint density at radius 1 is 1.13 bits per heavy atom. The lowest BCUT2D eigenvalue weighted by Crippen LogP contribution is -2.32. The Labute approximate surface area is 141 Å². The number of benzene rings is 2. The largest absolute Gasteiger partial charge is 0.396 e. The third-order valence-electron chi connectivity index (χ3n) is 3.61. The Bertz CT molecular complexity index is 619. The number of hydrogen-bond acceptors (Lipinski definition) is 3. The van der Waals surface area contributed by atoms with Crippen LogP contribution in [-0.4, -0.2) is 30.5 Å². The highest BCUT2D eigenvalue weighted by atomic mass is 32.2. The normalized spacial score (nSPS) is 11.7. The molecule has 2 aromatic rings. The number of rotatable bonds is 7. The first-order valence-electron chi connectivity index (χ1n) is 7.58. The van der Waals surface area contributed by atoms with E-state index in [9.17, 15) is 9.90 Å². The fourth-order valence-electron chi connectivity index (χ4n) is 2.40. The second kappa shape index (κ2) is 9.22. The summed E-state index contributed by atoms with van der Waals surface area (Å²) in [4.78, 5) is 13.2. The summed E-state index contributed by atoms with van der Waals surface area (Å²) >= 11 is 1.59. The van der Waals surface area contributed by atoms with Gasteiger partial charge < -0.3 is 15.7 Å². The van der Waals surface area contributed by atoms with Crippen molar-refractivity contribution in [1.29, 1.82) is 0 Å². The first-order valence-corrected chi connectivity index (χ1v) is 8.80. The van der Waals surface area contributed by atoms with Crippen molar-refractivity contribution in [2.45, 2.75) is 17.2 Å². The minimum Gasteiger partial charge on any atom is -0.396 e. The van der Waals surface area contributed by atoms with E-state index in [1.807, 2.05) is 60.9 Å². The quantitative estimate of drug-likeness (QED) is 0.679. The van der Waals surface area contributed by atoms with E-state index < -0.39 is 0 Å². The van der Waals surface area contributed by atoms with Gasteiger partial charge >= 0.3 is 6.03 Å². The molecule has 1 atom stereocenters. The molecule has 0 saturated carbocycles. The van der Waals surface area contributed by atoms with Crippen molar-refractivity contribution in [2.24, 2.45) is 0 Å². The molecule has 0 fully saturated rings. The van der Waals surface area contributed by atoms with E-state index in [0.29, 0.717) is 13.0 Å². The molecule has 23 heavy (non-hydrogen) atoms. The molecule has 2 rings (SSSR count). The van der Waals surface area contributed by atoms with Gasteiger partial charge in [-0.2, -0.15) is 0 Å². The molecule has 0 saturated heterocycles. The van der Waals surface area contributed by atoms with Gasteiger partial charge in [0.2, 0.25) is 0 Å². The number of amides is 2. The van der Waals surface area contributed by atoms with Crippen molar-refractivity contribution in [3.05, 3.63) is 60.2 Å². The lowest BCUT2D eigenvalue weighted by Gasteiger charge is -2.18. The molecule has 5 heteroatoms. The van der Waals surface area contributed by atoms with E-state index in [2.05, 4.69) is 10.6 Å². The first kappa shape index (κ1) is 17.4. The lowest BCUT2D eigenvalue weighted by atomic mass is 9.96.